The van der Waals surface area contributed by atoms with E-state index < -0.39 is 10.0 Å². The van der Waals surface area contributed by atoms with Crippen LogP contribution < -0.4 is 0 Å². The average molecular weight is 360 g/mol. The molecule has 1 aromatic rings. The number of allylic oxidation sites excluding steroid dienone is 1. The molecule has 0 bridgehead atoms. The average Bonchev–Trinajstić information content (AvgIpc) is 2.58. The molecule has 140 valence electrons. The summed E-state index contributed by atoms with van der Waals surface area (Å²) in [5.74, 6) is 1.29. The standard InChI is InChI=1S/C23H37NS/c1-9-23(5,6)15-21-19(4)22(16-24-7)25(21,8)14-13-20-12-10-11-17(2)18(20)3/h10-12,16,21H,9,13-15H2,1-8H3/b24-16-. The Morgan fingerprint density at radius 2 is 1.88 bits per heavy atom. The number of hydrogen-bond donors (Lipinski definition) is 0. The fraction of sp³-hybridized carbons (Fsp3) is 0.609. The van der Waals surface area contributed by atoms with E-state index in [4.69, 9.17) is 0 Å². The molecule has 0 aliphatic carbocycles. The van der Waals surface area contributed by atoms with Crippen LogP contribution in [0.15, 0.2) is 33.7 Å². The van der Waals surface area contributed by atoms with Gasteiger partial charge in [-0.05, 0) is 73.3 Å². The zero-order valence-electron chi connectivity index (χ0n) is 17.6. The monoisotopic (exact) mass is 359 g/mol. The Morgan fingerprint density at radius 1 is 1.20 bits per heavy atom. The molecule has 1 nitrogen and oxygen atoms in total. The van der Waals surface area contributed by atoms with Crippen LogP contribution in [0.4, 0.5) is 0 Å². The molecule has 1 aliphatic heterocycles. The van der Waals surface area contributed by atoms with E-state index in [2.05, 4.69) is 77.2 Å². The normalized spacial score (nSPS) is 26.6. The summed E-state index contributed by atoms with van der Waals surface area (Å²) >= 11 is 0. The van der Waals surface area contributed by atoms with E-state index in [1.54, 1.807) is 10.5 Å². The van der Waals surface area contributed by atoms with Gasteiger partial charge in [0, 0.05) is 23.4 Å². The lowest BCUT2D eigenvalue weighted by Crippen LogP contribution is -2.38. The van der Waals surface area contributed by atoms with Gasteiger partial charge in [-0.1, -0.05) is 45.4 Å². The summed E-state index contributed by atoms with van der Waals surface area (Å²) in [6.45, 7) is 14.0. The molecule has 0 aromatic heterocycles. The van der Waals surface area contributed by atoms with Gasteiger partial charge in [-0.25, -0.2) is 10.0 Å². The number of rotatable bonds is 7. The summed E-state index contributed by atoms with van der Waals surface area (Å²) in [4.78, 5) is 5.95. The summed E-state index contributed by atoms with van der Waals surface area (Å²) in [5, 5.41) is 0.764. The van der Waals surface area contributed by atoms with Crippen LogP contribution in [0.25, 0.3) is 0 Å². The lowest BCUT2D eigenvalue weighted by molar-refractivity contribution is 0.323. The Balaban J connectivity index is 2.26. The molecule has 1 heterocycles. The Hall–Kier alpha value is -1.02. The van der Waals surface area contributed by atoms with Crippen LogP contribution in [0.3, 0.4) is 0 Å². The Bertz CT molecular complexity index is 683. The summed E-state index contributed by atoms with van der Waals surface area (Å²) in [6.07, 6.45) is 8.47. The maximum Gasteiger partial charge on any atom is 0.0330 e. The van der Waals surface area contributed by atoms with Crippen molar-refractivity contribution in [2.75, 3.05) is 19.1 Å². The fourth-order valence-corrected chi connectivity index (χ4v) is 8.21. The van der Waals surface area contributed by atoms with Crippen molar-refractivity contribution in [2.45, 2.75) is 66.1 Å². The van der Waals surface area contributed by atoms with Crippen molar-refractivity contribution in [1.82, 2.24) is 0 Å². The first-order valence-electron chi connectivity index (χ1n) is 9.59. The second-order valence-electron chi connectivity index (χ2n) is 8.62. The zero-order chi connectivity index (χ0) is 18.8. The third-order valence-corrected chi connectivity index (χ3v) is 10.7. The second-order valence-corrected chi connectivity index (χ2v) is 12.3. The van der Waals surface area contributed by atoms with Crippen molar-refractivity contribution in [2.24, 2.45) is 10.4 Å². The maximum absolute atomic E-state index is 4.38. The molecule has 2 unspecified atom stereocenters. The lowest BCUT2D eigenvalue weighted by Gasteiger charge is -2.56. The molecule has 0 saturated carbocycles. The molecule has 1 aromatic carbocycles. The highest BCUT2D eigenvalue weighted by atomic mass is 32.3. The van der Waals surface area contributed by atoms with Crippen molar-refractivity contribution in [3.8, 4) is 0 Å². The molecule has 0 saturated heterocycles. The molecular formula is C23H37NS. The minimum atomic E-state index is -0.773. The predicted molar refractivity (Wildman–Crippen MR) is 118 cm³/mol. The van der Waals surface area contributed by atoms with Gasteiger partial charge in [-0.3, -0.25) is 4.99 Å². The van der Waals surface area contributed by atoms with E-state index in [1.165, 1.54) is 41.7 Å². The Labute approximate surface area is 157 Å². The van der Waals surface area contributed by atoms with Crippen LogP contribution in [0.1, 0.15) is 57.2 Å². The van der Waals surface area contributed by atoms with Crippen LogP contribution in [0, 0.1) is 19.3 Å². The lowest BCUT2D eigenvalue weighted by atomic mass is 9.83. The van der Waals surface area contributed by atoms with Gasteiger partial charge in [-0.2, -0.15) is 0 Å². The van der Waals surface area contributed by atoms with Gasteiger partial charge in [0.25, 0.3) is 0 Å². The van der Waals surface area contributed by atoms with Crippen molar-refractivity contribution < 1.29 is 0 Å². The van der Waals surface area contributed by atoms with Crippen molar-refractivity contribution in [3.05, 3.63) is 45.4 Å². The van der Waals surface area contributed by atoms with Crippen LogP contribution in [0.2, 0.25) is 0 Å². The number of nitrogens with zero attached hydrogens (tertiary/aromatic N) is 1. The zero-order valence-corrected chi connectivity index (χ0v) is 18.4. The predicted octanol–water partition coefficient (Wildman–Crippen LogP) is 6.46. The molecule has 25 heavy (non-hydrogen) atoms. The molecule has 0 spiro atoms. The third kappa shape index (κ3) is 4.05. The van der Waals surface area contributed by atoms with Gasteiger partial charge in [0.15, 0.2) is 0 Å². The molecular weight excluding hydrogens is 322 g/mol. The summed E-state index contributed by atoms with van der Waals surface area (Å²) in [7, 11) is 1.14. The van der Waals surface area contributed by atoms with E-state index in [9.17, 15) is 0 Å². The van der Waals surface area contributed by atoms with Gasteiger partial charge in [-0.15, -0.1) is 0 Å². The van der Waals surface area contributed by atoms with E-state index in [-0.39, 0.29) is 0 Å². The van der Waals surface area contributed by atoms with Crippen LogP contribution in [0.5, 0.6) is 0 Å². The van der Waals surface area contributed by atoms with Gasteiger partial charge >= 0.3 is 0 Å². The van der Waals surface area contributed by atoms with Gasteiger partial charge in [0.2, 0.25) is 0 Å². The maximum atomic E-state index is 4.38. The minimum Gasteiger partial charge on any atom is -0.295 e. The number of aryl methyl sites for hydroxylation is 2. The fourth-order valence-electron chi connectivity index (χ4n) is 3.99. The highest BCUT2D eigenvalue weighted by Gasteiger charge is 2.44. The van der Waals surface area contributed by atoms with Crippen molar-refractivity contribution in [3.63, 3.8) is 0 Å². The van der Waals surface area contributed by atoms with Crippen LogP contribution >= 0.6 is 10.0 Å². The SMILES string of the molecule is CCC(C)(C)CC1C(C)=C(/C=N\C)S1(C)CCc1cccc(C)c1C. The topological polar surface area (TPSA) is 12.4 Å². The van der Waals surface area contributed by atoms with Gasteiger partial charge < -0.3 is 0 Å². The first-order chi connectivity index (χ1) is 11.7. The largest absolute Gasteiger partial charge is 0.295 e. The molecule has 2 atom stereocenters. The molecule has 0 fully saturated rings. The molecule has 2 heteroatoms. The summed E-state index contributed by atoms with van der Waals surface area (Å²) in [5.41, 5.74) is 6.44. The highest BCUT2D eigenvalue weighted by Crippen LogP contribution is 2.69. The minimum absolute atomic E-state index is 0.425. The third-order valence-electron chi connectivity index (χ3n) is 6.46. The second kappa shape index (κ2) is 7.70. The molecule has 0 N–H and O–H groups in total. The highest BCUT2D eigenvalue weighted by molar-refractivity contribution is 8.38. The van der Waals surface area contributed by atoms with Crippen molar-refractivity contribution in [1.29, 1.82) is 0 Å². The van der Waals surface area contributed by atoms with Crippen LogP contribution in [-0.4, -0.2) is 30.5 Å². The molecule has 0 amide bonds. The first kappa shape index (κ1) is 20.3. The van der Waals surface area contributed by atoms with Crippen molar-refractivity contribution >= 4 is 16.2 Å². The first-order valence-corrected chi connectivity index (χ1v) is 11.9. The molecule has 0 radical (unpaired) electrons. The number of benzene rings is 1. The molecule has 2 rings (SSSR count). The van der Waals surface area contributed by atoms with Gasteiger partial charge in [0.1, 0.15) is 0 Å². The summed E-state index contributed by atoms with van der Waals surface area (Å²) < 4.78 is 0. The Morgan fingerprint density at radius 3 is 2.48 bits per heavy atom. The number of aliphatic imine (C=N–C) groups is 1. The summed E-state index contributed by atoms with van der Waals surface area (Å²) in [6, 6.07) is 6.75. The Kier molecular flexibility index (Phi) is 6.25. The number of hydrogen-bond acceptors (Lipinski definition) is 1. The van der Waals surface area contributed by atoms with E-state index in [0.29, 0.717) is 5.41 Å². The van der Waals surface area contributed by atoms with E-state index in [1.807, 2.05) is 7.05 Å². The smallest absolute Gasteiger partial charge is 0.0330 e. The molecule has 1 aliphatic rings. The van der Waals surface area contributed by atoms with Gasteiger partial charge in [0.05, 0.1) is 0 Å². The van der Waals surface area contributed by atoms with Crippen LogP contribution in [-0.2, 0) is 6.42 Å². The quantitative estimate of drug-likeness (QED) is 0.495. The van der Waals surface area contributed by atoms with E-state index in [0.717, 1.165) is 5.25 Å². The van der Waals surface area contributed by atoms with E-state index >= 15 is 0 Å².